The maximum Gasteiger partial charge on any atom is 0.303 e. The number of carbonyl (C=O) groups is 2. The van der Waals surface area contributed by atoms with Crippen LogP contribution in [0, 0.1) is 5.82 Å². The van der Waals surface area contributed by atoms with Crippen LogP contribution in [0.3, 0.4) is 0 Å². The maximum atomic E-state index is 12.9. The highest BCUT2D eigenvalue weighted by molar-refractivity contribution is 6.00. The fourth-order valence-electron chi connectivity index (χ4n) is 1.87. The van der Waals surface area contributed by atoms with Crippen molar-refractivity contribution < 1.29 is 24.2 Å². The van der Waals surface area contributed by atoms with E-state index in [1.807, 2.05) is 0 Å². The highest BCUT2D eigenvalue weighted by Gasteiger charge is 2.27. The Hall–Kier alpha value is -1.79. The quantitative estimate of drug-likeness (QED) is 0.635. The average molecular weight is 297 g/mol. The van der Waals surface area contributed by atoms with Crippen LogP contribution in [0.4, 0.5) is 4.39 Å². The first kappa shape index (κ1) is 17.3. The topological polar surface area (TPSA) is 86.6 Å². The molecule has 5 nitrogen and oxygen atoms in total. The molecule has 1 aromatic carbocycles. The van der Waals surface area contributed by atoms with E-state index in [4.69, 9.17) is 5.11 Å². The number of benzene rings is 1. The number of carboxylic acid groups (broad SMARTS) is 1. The third-order valence-corrected chi connectivity index (χ3v) is 3.05. The molecule has 21 heavy (non-hydrogen) atoms. The highest BCUT2D eigenvalue weighted by Crippen LogP contribution is 2.13. The van der Waals surface area contributed by atoms with Gasteiger partial charge in [-0.05, 0) is 44.5 Å². The van der Waals surface area contributed by atoms with Crippen molar-refractivity contribution in [1.29, 1.82) is 0 Å². The van der Waals surface area contributed by atoms with E-state index in [9.17, 15) is 19.1 Å². The zero-order valence-electron chi connectivity index (χ0n) is 12.1. The summed E-state index contributed by atoms with van der Waals surface area (Å²) in [5, 5.41) is 21.0. The summed E-state index contributed by atoms with van der Waals surface area (Å²) < 4.78 is 12.9. The molecule has 0 spiro atoms. The fourth-order valence-corrected chi connectivity index (χ4v) is 1.87. The van der Waals surface area contributed by atoms with E-state index >= 15 is 0 Å². The number of ketones is 1. The number of Topliss-reactive ketones (excluding diaryl/α,β-unsaturated/α-hetero) is 1. The van der Waals surface area contributed by atoms with Gasteiger partial charge in [0.15, 0.2) is 5.78 Å². The Morgan fingerprint density at radius 2 is 1.86 bits per heavy atom. The predicted molar refractivity (Wildman–Crippen MR) is 75.7 cm³/mol. The van der Waals surface area contributed by atoms with E-state index < -0.39 is 23.4 Å². The van der Waals surface area contributed by atoms with Gasteiger partial charge in [-0.2, -0.15) is 0 Å². The van der Waals surface area contributed by atoms with E-state index in [-0.39, 0.29) is 25.2 Å². The molecule has 3 N–H and O–H groups in total. The molecule has 1 aromatic rings. The normalized spacial score (nSPS) is 13.0. The van der Waals surface area contributed by atoms with Crippen LogP contribution >= 0.6 is 0 Å². The van der Waals surface area contributed by atoms with E-state index in [1.165, 1.54) is 24.3 Å². The third-order valence-electron chi connectivity index (χ3n) is 3.05. The summed E-state index contributed by atoms with van der Waals surface area (Å²) in [5.41, 5.74) is -0.424. The lowest BCUT2D eigenvalue weighted by molar-refractivity contribution is -0.137. The van der Waals surface area contributed by atoms with E-state index in [0.29, 0.717) is 5.56 Å². The molecule has 1 rings (SSSR count). The SMILES string of the molecule is CC(C)(CO)NC(CCC(=O)O)C(=O)c1ccc(F)cc1. The summed E-state index contributed by atoms with van der Waals surface area (Å²) in [4.78, 5) is 23.1. The standard InChI is InChI=1S/C15H20FNO4/c1-15(2,9-18)17-12(7-8-13(19)20)14(21)10-3-5-11(16)6-4-10/h3-6,12,17-18H,7-9H2,1-2H3,(H,19,20). The molecule has 0 aliphatic carbocycles. The van der Waals surface area contributed by atoms with Gasteiger partial charge in [-0.1, -0.05) is 0 Å². The monoisotopic (exact) mass is 297 g/mol. The van der Waals surface area contributed by atoms with Crippen LogP contribution < -0.4 is 5.32 Å². The van der Waals surface area contributed by atoms with Crippen LogP contribution in [0.1, 0.15) is 37.0 Å². The van der Waals surface area contributed by atoms with Crippen molar-refractivity contribution in [2.75, 3.05) is 6.61 Å². The zero-order valence-corrected chi connectivity index (χ0v) is 12.1. The molecule has 1 unspecified atom stereocenters. The fraction of sp³-hybridized carbons (Fsp3) is 0.467. The van der Waals surface area contributed by atoms with E-state index in [1.54, 1.807) is 13.8 Å². The summed E-state index contributed by atoms with van der Waals surface area (Å²) >= 11 is 0. The molecule has 0 bridgehead atoms. The van der Waals surface area contributed by atoms with Crippen molar-refractivity contribution in [2.24, 2.45) is 0 Å². The predicted octanol–water partition coefficient (Wildman–Crippen LogP) is 1.60. The lowest BCUT2D eigenvalue weighted by atomic mass is 9.96. The van der Waals surface area contributed by atoms with E-state index in [0.717, 1.165) is 0 Å². The van der Waals surface area contributed by atoms with Crippen LogP contribution in [0.5, 0.6) is 0 Å². The number of aliphatic hydroxyl groups is 1. The van der Waals surface area contributed by atoms with Crippen LogP contribution in [-0.2, 0) is 4.79 Å². The molecule has 0 aliphatic heterocycles. The Balaban J connectivity index is 2.90. The molecule has 0 aromatic heterocycles. The summed E-state index contributed by atoms with van der Waals surface area (Å²) in [6.07, 6.45) is -0.0823. The van der Waals surface area contributed by atoms with Gasteiger partial charge in [-0.3, -0.25) is 14.9 Å². The number of halogens is 1. The molecule has 0 fully saturated rings. The van der Waals surface area contributed by atoms with Gasteiger partial charge in [-0.25, -0.2) is 4.39 Å². The zero-order chi connectivity index (χ0) is 16.0. The number of hydrogen-bond acceptors (Lipinski definition) is 4. The molecule has 0 heterocycles. The summed E-state index contributed by atoms with van der Waals surface area (Å²) in [6, 6.07) is 4.32. The maximum absolute atomic E-state index is 12.9. The highest BCUT2D eigenvalue weighted by atomic mass is 19.1. The average Bonchev–Trinajstić information content (AvgIpc) is 2.43. The van der Waals surface area contributed by atoms with Crippen molar-refractivity contribution in [3.05, 3.63) is 35.6 Å². The molecule has 0 aliphatic rings. The van der Waals surface area contributed by atoms with Crippen molar-refractivity contribution in [3.63, 3.8) is 0 Å². The van der Waals surface area contributed by atoms with Crippen molar-refractivity contribution in [3.8, 4) is 0 Å². The Labute approximate surface area is 122 Å². The number of hydrogen-bond donors (Lipinski definition) is 3. The molecule has 0 amide bonds. The Bertz CT molecular complexity index is 499. The molecular formula is C15H20FNO4. The Morgan fingerprint density at radius 3 is 2.33 bits per heavy atom. The van der Waals surface area contributed by atoms with Gasteiger partial charge in [0.2, 0.25) is 0 Å². The smallest absolute Gasteiger partial charge is 0.303 e. The number of nitrogens with one attached hydrogen (secondary N) is 1. The molecule has 0 saturated carbocycles. The lowest BCUT2D eigenvalue weighted by Gasteiger charge is -2.29. The number of carboxylic acids is 1. The van der Waals surface area contributed by atoms with Crippen LogP contribution in [0.2, 0.25) is 0 Å². The largest absolute Gasteiger partial charge is 0.481 e. The van der Waals surface area contributed by atoms with Gasteiger partial charge in [0.1, 0.15) is 5.82 Å². The second-order valence-electron chi connectivity index (χ2n) is 5.54. The lowest BCUT2D eigenvalue weighted by Crippen LogP contribution is -2.51. The molecule has 0 saturated heterocycles. The second kappa shape index (κ2) is 7.28. The minimum atomic E-state index is -1.00. The minimum absolute atomic E-state index is 0.0922. The van der Waals surface area contributed by atoms with Crippen molar-refractivity contribution in [1.82, 2.24) is 5.32 Å². The first-order valence-electron chi connectivity index (χ1n) is 6.65. The Kier molecular flexibility index (Phi) is 5.99. The number of aliphatic carboxylic acids is 1. The molecule has 116 valence electrons. The minimum Gasteiger partial charge on any atom is -0.481 e. The van der Waals surface area contributed by atoms with Gasteiger partial charge >= 0.3 is 5.97 Å². The second-order valence-corrected chi connectivity index (χ2v) is 5.54. The van der Waals surface area contributed by atoms with Crippen LogP contribution in [-0.4, -0.2) is 40.2 Å². The van der Waals surface area contributed by atoms with Crippen molar-refractivity contribution in [2.45, 2.75) is 38.3 Å². The number of aliphatic hydroxyl groups excluding tert-OH is 1. The summed E-state index contributed by atoms with van der Waals surface area (Å²) in [6.45, 7) is 3.21. The van der Waals surface area contributed by atoms with E-state index in [2.05, 4.69) is 5.32 Å². The molecular weight excluding hydrogens is 277 g/mol. The van der Waals surface area contributed by atoms with Gasteiger partial charge < -0.3 is 10.2 Å². The van der Waals surface area contributed by atoms with Gasteiger partial charge in [0, 0.05) is 17.5 Å². The van der Waals surface area contributed by atoms with Crippen LogP contribution in [0.25, 0.3) is 0 Å². The summed E-state index contributed by atoms with van der Waals surface area (Å²) in [7, 11) is 0. The van der Waals surface area contributed by atoms with Gasteiger partial charge in [-0.15, -0.1) is 0 Å². The third kappa shape index (κ3) is 5.61. The van der Waals surface area contributed by atoms with Gasteiger partial charge in [0.05, 0.1) is 12.6 Å². The molecule has 0 radical (unpaired) electrons. The number of carbonyl (C=O) groups excluding carboxylic acids is 1. The van der Waals surface area contributed by atoms with Gasteiger partial charge in [0.25, 0.3) is 0 Å². The molecule has 1 atom stereocenters. The Morgan fingerprint density at radius 1 is 1.29 bits per heavy atom. The first-order chi connectivity index (χ1) is 9.75. The first-order valence-corrected chi connectivity index (χ1v) is 6.65. The van der Waals surface area contributed by atoms with Crippen LogP contribution in [0.15, 0.2) is 24.3 Å². The van der Waals surface area contributed by atoms with Crippen molar-refractivity contribution >= 4 is 11.8 Å². The summed E-state index contributed by atoms with van der Waals surface area (Å²) in [5.74, 6) is -1.77. The molecule has 6 heteroatoms. The number of rotatable bonds is 8.